The molecule has 0 aliphatic carbocycles. The number of fused-ring (bicyclic) bond motifs is 1. The van der Waals surface area contributed by atoms with Crippen LogP contribution in [0.3, 0.4) is 0 Å². The van der Waals surface area contributed by atoms with Gasteiger partial charge in [-0.1, -0.05) is 30.3 Å². The van der Waals surface area contributed by atoms with E-state index in [1.165, 1.54) is 18.2 Å². The van der Waals surface area contributed by atoms with Gasteiger partial charge in [0, 0.05) is 17.5 Å². The maximum absolute atomic E-state index is 12.7. The molecule has 1 aliphatic heterocycles. The van der Waals surface area contributed by atoms with Crippen LogP contribution >= 0.6 is 11.3 Å². The summed E-state index contributed by atoms with van der Waals surface area (Å²) in [5.74, 6) is -1.69. The number of nitrogens with zero attached hydrogens (tertiary/aromatic N) is 2. The normalized spacial score (nSPS) is 13.5. The van der Waals surface area contributed by atoms with Crippen LogP contribution in [0.1, 0.15) is 42.3 Å². The van der Waals surface area contributed by atoms with Gasteiger partial charge in [-0.25, -0.2) is 4.98 Å². The highest BCUT2D eigenvalue weighted by Crippen LogP contribution is 2.32. The molecule has 2 aromatic carbocycles. The molecule has 6 nitrogen and oxygen atoms in total. The molecule has 0 bridgehead atoms. The monoisotopic (exact) mass is 445 g/mol. The lowest BCUT2D eigenvalue weighted by Gasteiger charge is -2.13. The fraction of sp³-hybridized carbons (Fsp3) is 0.143. The first-order valence-electron chi connectivity index (χ1n) is 9.12. The number of rotatable bonds is 5. The van der Waals surface area contributed by atoms with Gasteiger partial charge in [0.25, 0.3) is 17.7 Å². The van der Waals surface area contributed by atoms with E-state index in [1.54, 1.807) is 0 Å². The van der Waals surface area contributed by atoms with Crippen molar-refractivity contribution in [1.82, 2.24) is 9.88 Å². The number of aromatic nitrogens is 1. The van der Waals surface area contributed by atoms with Gasteiger partial charge in [-0.05, 0) is 30.2 Å². The molecule has 2 heterocycles. The highest BCUT2D eigenvalue weighted by molar-refractivity contribution is 7.14. The highest BCUT2D eigenvalue weighted by Gasteiger charge is 2.36. The molecule has 3 amide bonds. The Kier molecular flexibility index (Phi) is 5.32. The second-order valence-corrected chi connectivity index (χ2v) is 7.61. The van der Waals surface area contributed by atoms with E-state index in [-0.39, 0.29) is 28.4 Å². The first-order chi connectivity index (χ1) is 14.7. The van der Waals surface area contributed by atoms with E-state index in [1.807, 2.05) is 30.3 Å². The fourth-order valence-corrected chi connectivity index (χ4v) is 3.86. The lowest BCUT2D eigenvalue weighted by Crippen LogP contribution is -2.31. The summed E-state index contributed by atoms with van der Waals surface area (Å²) in [6.45, 7) is 0.192. The molecule has 10 heteroatoms. The number of alkyl halides is 3. The summed E-state index contributed by atoms with van der Waals surface area (Å²) in [5, 5.41) is 2.86. The van der Waals surface area contributed by atoms with E-state index in [0.717, 1.165) is 15.8 Å². The molecule has 1 N–H and O–H groups in total. The summed E-state index contributed by atoms with van der Waals surface area (Å²) < 4.78 is 38.0. The Morgan fingerprint density at radius 2 is 1.74 bits per heavy atom. The number of carbonyl (C=O) groups is 3. The zero-order chi connectivity index (χ0) is 22.2. The van der Waals surface area contributed by atoms with Crippen molar-refractivity contribution in [3.05, 3.63) is 81.9 Å². The molecule has 0 saturated heterocycles. The minimum atomic E-state index is -4.61. The van der Waals surface area contributed by atoms with Gasteiger partial charge in [0.15, 0.2) is 10.8 Å². The number of hydrogen-bond acceptors (Lipinski definition) is 5. The predicted octanol–water partition coefficient (Wildman–Crippen LogP) is 4.25. The van der Waals surface area contributed by atoms with Crippen molar-refractivity contribution in [3.8, 4) is 0 Å². The molecule has 0 unspecified atom stereocenters. The smallest absolute Gasteiger partial charge is 0.298 e. The molecule has 158 valence electrons. The van der Waals surface area contributed by atoms with Crippen LogP contribution in [-0.4, -0.2) is 34.2 Å². The molecule has 0 saturated carbocycles. The van der Waals surface area contributed by atoms with Gasteiger partial charge in [-0.2, -0.15) is 13.2 Å². The van der Waals surface area contributed by atoms with Gasteiger partial charge < -0.3 is 0 Å². The SMILES string of the molecule is O=C(Nc1nc(C(F)(F)F)cs1)c1ccc2c(c1)C(=O)N(CCc1ccccc1)C2=O. The molecule has 31 heavy (non-hydrogen) atoms. The first-order valence-corrected chi connectivity index (χ1v) is 10.0. The molecule has 0 atom stereocenters. The number of amides is 3. The number of nitrogens with one attached hydrogen (secondary N) is 1. The summed E-state index contributed by atoms with van der Waals surface area (Å²) >= 11 is 0.638. The average molecular weight is 445 g/mol. The van der Waals surface area contributed by atoms with Crippen molar-refractivity contribution >= 4 is 34.2 Å². The van der Waals surface area contributed by atoms with E-state index in [2.05, 4.69) is 10.3 Å². The Balaban J connectivity index is 1.48. The summed E-state index contributed by atoms with van der Waals surface area (Å²) in [5.41, 5.74) is 0.176. The van der Waals surface area contributed by atoms with Crippen LogP contribution in [0.2, 0.25) is 0 Å². The van der Waals surface area contributed by atoms with Gasteiger partial charge in [0.05, 0.1) is 11.1 Å². The lowest BCUT2D eigenvalue weighted by molar-refractivity contribution is -0.140. The third-order valence-corrected chi connectivity index (χ3v) is 5.47. The van der Waals surface area contributed by atoms with Crippen LogP contribution < -0.4 is 5.32 Å². The second-order valence-electron chi connectivity index (χ2n) is 6.75. The van der Waals surface area contributed by atoms with Gasteiger partial charge in [-0.15, -0.1) is 11.3 Å². The maximum atomic E-state index is 12.7. The lowest BCUT2D eigenvalue weighted by atomic mass is 10.1. The van der Waals surface area contributed by atoms with Crippen molar-refractivity contribution in [2.45, 2.75) is 12.6 Å². The van der Waals surface area contributed by atoms with Gasteiger partial charge in [0.2, 0.25) is 0 Å². The number of benzene rings is 2. The van der Waals surface area contributed by atoms with E-state index in [4.69, 9.17) is 0 Å². The minimum Gasteiger partial charge on any atom is -0.298 e. The summed E-state index contributed by atoms with van der Waals surface area (Å²) in [6, 6.07) is 13.4. The standard InChI is InChI=1S/C21H14F3N3O3S/c22-21(23,24)16-11-31-20(25-16)26-17(28)13-6-7-14-15(10-13)19(30)27(18(14)29)9-8-12-4-2-1-3-5-12/h1-7,10-11H,8-9H2,(H,25,26,28). The zero-order valence-corrected chi connectivity index (χ0v) is 16.6. The molecular formula is C21H14F3N3O3S. The average Bonchev–Trinajstić information content (AvgIpc) is 3.31. The molecule has 0 fully saturated rings. The number of thiazole rings is 1. The topological polar surface area (TPSA) is 79.4 Å². The third kappa shape index (κ3) is 4.19. The van der Waals surface area contributed by atoms with Crippen molar-refractivity contribution in [2.24, 2.45) is 0 Å². The predicted molar refractivity (Wildman–Crippen MR) is 107 cm³/mol. The Morgan fingerprint density at radius 3 is 2.42 bits per heavy atom. The maximum Gasteiger partial charge on any atom is 0.434 e. The largest absolute Gasteiger partial charge is 0.434 e. The Hall–Kier alpha value is -3.53. The Labute approximate surface area is 178 Å². The number of halogens is 3. The third-order valence-electron chi connectivity index (χ3n) is 4.71. The summed E-state index contributed by atoms with van der Waals surface area (Å²) in [6.07, 6.45) is -4.12. The van der Waals surface area contributed by atoms with Crippen molar-refractivity contribution in [2.75, 3.05) is 11.9 Å². The Morgan fingerprint density at radius 1 is 1.03 bits per heavy atom. The molecule has 0 spiro atoms. The van der Waals surface area contributed by atoms with Crippen molar-refractivity contribution < 1.29 is 27.6 Å². The van der Waals surface area contributed by atoms with Crippen LogP contribution in [0.25, 0.3) is 0 Å². The quantitative estimate of drug-likeness (QED) is 0.596. The highest BCUT2D eigenvalue weighted by atomic mass is 32.1. The number of anilines is 1. The van der Waals surface area contributed by atoms with Crippen LogP contribution in [0, 0.1) is 0 Å². The second kappa shape index (κ2) is 7.95. The van der Waals surface area contributed by atoms with E-state index in [0.29, 0.717) is 17.8 Å². The molecule has 1 aromatic heterocycles. The van der Waals surface area contributed by atoms with E-state index < -0.39 is 29.6 Å². The van der Waals surface area contributed by atoms with Gasteiger partial charge in [0.1, 0.15) is 0 Å². The number of carbonyl (C=O) groups excluding carboxylic acids is 3. The van der Waals surface area contributed by atoms with Crippen LogP contribution in [0.15, 0.2) is 53.9 Å². The van der Waals surface area contributed by atoms with Crippen LogP contribution in [0.4, 0.5) is 18.3 Å². The Bertz CT molecular complexity index is 1180. The van der Waals surface area contributed by atoms with Crippen LogP contribution in [0.5, 0.6) is 0 Å². The van der Waals surface area contributed by atoms with Gasteiger partial charge >= 0.3 is 6.18 Å². The molecular weight excluding hydrogens is 431 g/mol. The van der Waals surface area contributed by atoms with Gasteiger partial charge in [-0.3, -0.25) is 24.6 Å². The molecule has 0 radical (unpaired) electrons. The van der Waals surface area contributed by atoms with E-state index in [9.17, 15) is 27.6 Å². The van der Waals surface area contributed by atoms with Crippen molar-refractivity contribution in [1.29, 1.82) is 0 Å². The van der Waals surface area contributed by atoms with E-state index >= 15 is 0 Å². The molecule has 4 rings (SSSR count). The first kappa shape index (κ1) is 20.7. The minimum absolute atomic E-state index is 0.0357. The summed E-state index contributed by atoms with van der Waals surface area (Å²) in [7, 11) is 0. The van der Waals surface area contributed by atoms with Crippen LogP contribution in [-0.2, 0) is 12.6 Å². The molecule has 3 aromatic rings. The number of hydrogen-bond donors (Lipinski definition) is 1. The zero-order valence-electron chi connectivity index (χ0n) is 15.8. The number of imide groups is 1. The van der Waals surface area contributed by atoms with Crippen molar-refractivity contribution in [3.63, 3.8) is 0 Å². The molecule has 1 aliphatic rings. The summed E-state index contributed by atoms with van der Waals surface area (Å²) in [4.78, 5) is 42.2. The fourth-order valence-electron chi connectivity index (χ4n) is 3.15.